The van der Waals surface area contributed by atoms with Gasteiger partial charge in [-0.15, -0.1) is 0 Å². The zero-order valence-electron chi connectivity index (χ0n) is 11.2. The molecule has 0 fully saturated rings. The Morgan fingerprint density at radius 2 is 1.86 bits per heavy atom. The number of rotatable bonds is 4. The molecule has 4 nitrogen and oxygen atoms in total. The summed E-state index contributed by atoms with van der Waals surface area (Å²) < 4.78 is 27.2. The molecule has 0 aromatic heterocycles. The minimum atomic E-state index is -3.70. The molecule has 0 saturated heterocycles. The minimum Gasteiger partial charge on any atom is -0.398 e. The third kappa shape index (κ3) is 3.89. The highest BCUT2D eigenvalue weighted by molar-refractivity contribution is 7.89. The summed E-state index contributed by atoms with van der Waals surface area (Å²) in [5.74, 6) is 0. The van der Waals surface area contributed by atoms with Gasteiger partial charge in [0.15, 0.2) is 0 Å². The van der Waals surface area contributed by atoms with Crippen LogP contribution in [0.2, 0.25) is 10.0 Å². The van der Waals surface area contributed by atoms with E-state index < -0.39 is 10.0 Å². The first kappa shape index (κ1) is 16.1. The standard InChI is InChI=1S/C14H14Cl2N2O2S/c1-9-13(17)6-12(16)7-14(9)21(19,20)18-8-10-3-2-4-11(15)5-10/h2-7,18H,8,17H2,1H3. The maximum absolute atomic E-state index is 12.4. The predicted molar refractivity (Wildman–Crippen MR) is 86.1 cm³/mol. The molecule has 0 aliphatic heterocycles. The van der Waals surface area contributed by atoms with E-state index in [1.54, 1.807) is 31.2 Å². The minimum absolute atomic E-state index is 0.0783. The van der Waals surface area contributed by atoms with Crippen LogP contribution in [0.3, 0.4) is 0 Å². The van der Waals surface area contributed by atoms with Crippen molar-refractivity contribution in [1.82, 2.24) is 4.72 Å². The smallest absolute Gasteiger partial charge is 0.241 e. The highest BCUT2D eigenvalue weighted by Gasteiger charge is 2.18. The molecule has 0 aliphatic rings. The molecule has 2 aromatic carbocycles. The highest BCUT2D eigenvalue weighted by atomic mass is 35.5. The van der Waals surface area contributed by atoms with Gasteiger partial charge in [-0.25, -0.2) is 13.1 Å². The van der Waals surface area contributed by atoms with Crippen molar-refractivity contribution in [2.75, 3.05) is 5.73 Å². The van der Waals surface area contributed by atoms with Crippen LogP contribution in [0.1, 0.15) is 11.1 Å². The van der Waals surface area contributed by atoms with Crippen LogP contribution in [-0.4, -0.2) is 8.42 Å². The second-order valence-electron chi connectivity index (χ2n) is 4.57. The zero-order chi connectivity index (χ0) is 15.6. The van der Waals surface area contributed by atoms with Gasteiger partial charge in [0.2, 0.25) is 10.0 Å². The highest BCUT2D eigenvalue weighted by Crippen LogP contribution is 2.26. The average Bonchev–Trinajstić information content (AvgIpc) is 2.41. The van der Waals surface area contributed by atoms with Crippen molar-refractivity contribution in [2.24, 2.45) is 0 Å². The number of halogens is 2. The van der Waals surface area contributed by atoms with Gasteiger partial charge in [0.1, 0.15) is 0 Å². The summed E-state index contributed by atoms with van der Waals surface area (Å²) in [5, 5.41) is 0.830. The van der Waals surface area contributed by atoms with Crippen LogP contribution in [0.5, 0.6) is 0 Å². The Labute approximate surface area is 133 Å². The maximum atomic E-state index is 12.4. The van der Waals surface area contributed by atoms with Gasteiger partial charge in [-0.05, 0) is 42.3 Å². The third-order valence-corrected chi connectivity index (χ3v) is 4.99. The molecule has 0 spiro atoms. The van der Waals surface area contributed by atoms with Crippen molar-refractivity contribution in [3.05, 3.63) is 57.6 Å². The Balaban J connectivity index is 2.27. The van der Waals surface area contributed by atoms with Crippen LogP contribution >= 0.6 is 23.2 Å². The van der Waals surface area contributed by atoms with E-state index in [9.17, 15) is 8.42 Å². The molecule has 112 valence electrons. The fraction of sp³-hybridized carbons (Fsp3) is 0.143. The largest absolute Gasteiger partial charge is 0.398 e. The summed E-state index contributed by atoms with van der Waals surface area (Å²) in [4.78, 5) is 0.0783. The number of anilines is 1. The average molecular weight is 345 g/mol. The van der Waals surface area contributed by atoms with E-state index in [0.29, 0.717) is 16.3 Å². The molecule has 7 heteroatoms. The predicted octanol–water partition coefficient (Wildman–Crippen LogP) is 3.36. The Morgan fingerprint density at radius 1 is 1.14 bits per heavy atom. The fourth-order valence-electron chi connectivity index (χ4n) is 1.86. The van der Waals surface area contributed by atoms with E-state index in [0.717, 1.165) is 5.56 Å². The lowest BCUT2D eigenvalue weighted by molar-refractivity contribution is 0.580. The number of nitrogens with two attached hydrogens (primary N) is 1. The summed E-state index contributed by atoms with van der Waals surface area (Å²) in [6.07, 6.45) is 0. The number of nitrogen functional groups attached to an aromatic ring is 1. The molecule has 0 amide bonds. The molecule has 0 atom stereocenters. The van der Waals surface area contributed by atoms with Gasteiger partial charge in [-0.3, -0.25) is 0 Å². The molecule has 0 unspecified atom stereocenters. The van der Waals surface area contributed by atoms with Crippen LogP contribution in [0, 0.1) is 6.92 Å². The quantitative estimate of drug-likeness (QED) is 0.835. The molecular formula is C14H14Cl2N2O2S. The molecular weight excluding hydrogens is 331 g/mol. The van der Waals surface area contributed by atoms with Crippen molar-refractivity contribution < 1.29 is 8.42 Å². The topological polar surface area (TPSA) is 72.2 Å². The number of nitrogens with one attached hydrogen (secondary N) is 1. The van der Waals surface area contributed by atoms with E-state index in [1.807, 2.05) is 0 Å². The van der Waals surface area contributed by atoms with Crippen LogP contribution in [-0.2, 0) is 16.6 Å². The molecule has 0 heterocycles. The molecule has 2 aromatic rings. The van der Waals surface area contributed by atoms with Gasteiger partial charge < -0.3 is 5.73 Å². The zero-order valence-corrected chi connectivity index (χ0v) is 13.6. The van der Waals surface area contributed by atoms with Crippen LogP contribution in [0.4, 0.5) is 5.69 Å². The van der Waals surface area contributed by atoms with Crippen molar-refractivity contribution >= 4 is 38.9 Å². The Kier molecular flexibility index (Phi) is 4.78. The Morgan fingerprint density at radius 3 is 2.52 bits per heavy atom. The van der Waals surface area contributed by atoms with Gasteiger partial charge in [-0.2, -0.15) is 0 Å². The first-order valence-corrected chi connectivity index (χ1v) is 8.33. The van der Waals surface area contributed by atoms with Gasteiger partial charge in [0.25, 0.3) is 0 Å². The van der Waals surface area contributed by atoms with E-state index >= 15 is 0 Å². The van der Waals surface area contributed by atoms with Gasteiger partial charge in [-0.1, -0.05) is 35.3 Å². The molecule has 0 bridgehead atoms. The number of benzene rings is 2. The lowest BCUT2D eigenvalue weighted by Crippen LogP contribution is -2.24. The summed E-state index contributed by atoms with van der Waals surface area (Å²) in [7, 11) is -3.70. The SMILES string of the molecule is Cc1c(N)cc(Cl)cc1S(=O)(=O)NCc1cccc(Cl)c1. The van der Waals surface area contributed by atoms with E-state index in [1.165, 1.54) is 12.1 Å². The Hall–Kier alpha value is -1.27. The summed E-state index contributed by atoms with van der Waals surface area (Å²) in [6.45, 7) is 1.77. The normalized spacial score (nSPS) is 11.6. The fourth-order valence-corrected chi connectivity index (χ4v) is 3.68. The molecule has 0 radical (unpaired) electrons. The molecule has 0 saturated carbocycles. The summed E-state index contributed by atoms with van der Waals surface area (Å²) in [6, 6.07) is 9.87. The van der Waals surface area contributed by atoms with Crippen LogP contribution in [0.25, 0.3) is 0 Å². The second kappa shape index (κ2) is 6.23. The molecule has 3 N–H and O–H groups in total. The number of sulfonamides is 1. The molecule has 21 heavy (non-hydrogen) atoms. The second-order valence-corrected chi connectivity index (χ2v) is 7.18. The number of hydrogen-bond donors (Lipinski definition) is 2. The monoisotopic (exact) mass is 344 g/mol. The number of hydrogen-bond acceptors (Lipinski definition) is 3. The van der Waals surface area contributed by atoms with Gasteiger partial charge >= 0.3 is 0 Å². The van der Waals surface area contributed by atoms with E-state index in [2.05, 4.69) is 4.72 Å². The van der Waals surface area contributed by atoms with Crippen molar-refractivity contribution in [1.29, 1.82) is 0 Å². The van der Waals surface area contributed by atoms with Crippen LogP contribution in [0.15, 0.2) is 41.3 Å². The molecule has 0 aliphatic carbocycles. The van der Waals surface area contributed by atoms with Crippen molar-refractivity contribution in [3.8, 4) is 0 Å². The Bertz CT molecular complexity index is 777. The first-order valence-electron chi connectivity index (χ1n) is 6.09. The first-order chi connectivity index (χ1) is 9.79. The lowest BCUT2D eigenvalue weighted by atomic mass is 10.2. The van der Waals surface area contributed by atoms with Crippen LogP contribution < -0.4 is 10.5 Å². The van der Waals surface area contributed by atoms with E-state index in [-0.39, 0.29) is 16.5 Å². The lowest BCUT2D eigenvalue weighted by Gasteiger charge is -2.12. The van der Waals surface area contributed by atoms with Crippen molar-refractivity contribution in [3.63, 3.8) is 0 Å². The van der Waals surface area contributed by atoms with Crippen molar-refractivity contribution in [2.45, 2.75) is 18.4 Å². The van der Waals surface area contributed by atoms with E-state index in [4.69, 9.17) is 28.9 Å². The third-order valence-electron chi connectivity index (χ3n) is 3.01. The summed E-state index contributed by atoms with van der Waals surface area (Å²) in [5.41, 5.74) is 7.32. The van der Waals surface area contributed by atoms with Gasteiger partial charge in [0.05, 0.1) is 4.90 Å². The maximum Gasteiger partial charge on any atom is 0.241 e. The summed E-state index contributed by atoms with van der Waals surface area (Å²) >= 11 is 11.7. The molecule has 2 rings (SSSR count). The van der Waals surface area contributed by atoms with Gasteiger partial charge in [0, 0.05) is 22.3 Å².